The second-order valence-corrected chi connectivity index (χ2v) is 5.15. The first kappa shape index (κ1) is 14.5. The minimum atomic E-state index is 0.0363. The molecular formula is C17H16ClNO. The van der Waals surface area contributed by atoms with Gasteiger partial charge in [0.2, 0.25) is 0 Å². The Morgan fingerprint density at radius 3 is 2.45 bits per heavy atom. The van der Waals surface area contributed by atoms with Crippen LogP contribution >= 0.6 is 11.6 Å². The number of hydrogen-bond acceptors (Lipinski definition) is 2. The average molecular weight is 286 g/mol. The summed E-state index contributed by atoms with van der Waals surface area (Å²) >= 11 is 5.79. The highest BCUT2D eigenvalue weighted by atomic mass is 35.5. The lowest BCUT2D eigenvalue weighted by molar-refractivity contribution is 0.100. The Bertz CT molecular complexity index is 645. The number of Topliss-reactive ketones (excluding diaryl/α,β-unsaturated/α-hetero) is 1. The summed E-state index contributed by atoms with van der Waals surface area (Å²) in [5, 5.41) is 0.630. The van der Waals surface area contributed by atoms with Gasteiger partial charge in [0, 0.05) is 23.2 Å². The highest BCUT2D eigenvalue weighted by molar-refractivity contribution is 6.30. The molecule has 2 aromatic carbocycles. The van der Waals surface area contributed by atoms with E-state index in [1.54, 1.807) is 30.5 Å². The molecule has 3 heteroatoms. The molecule has 2 nitrogen and oxygen atoms in total. The number of rotatable bonds is 4. The summed E-state index contributed by atoms with van der Waals surface area (Å²) in [4.78, 5) is 16.3. The fraction of sp³-hybridized carbons (Fsp3) is 0.176. The summed E-state index contributed by atoms with van der Waals surface area (Å²) in [7, 11) is 0. The molecule has 0 aliphatic heterocycles. The van der Waals surface area contributed by atoms with E-state index in [0.29, 0.717) is 10.6 Å². The summed E-state index contributed by atoms with van der Waals surface area (Å²) < 4.78 is 0. The lowest BCUT2D eigenvalue weighted by Gasteiger charge is -2.00. The molecule has 0 aliphatic rings. The maximum absolute atomic E-state index is 11.9. The molecule has 0 fully saturated rings. The Morgan fingerprint density at radius 1 is 1.10 bits per heavy atom. The molecule has 0 aromatic heterocycles. The van der Waals surface area contributed by atoms with Gasteiger partial charge in [-0.15, -0.1) is 0 Å². The zero-order valence-electron chi connectivity index (χ0n) is 11.6. The van der Waals surface area contributed by atoms with Crippen LogP contribution in [0.25, 0.3) is 0 Å². The summed E-state index contributed by atoms with van der Waals surface area (Å²) in [5.41, 5.74) is 3.96. The zero-order chi connectivity index (χ0) is 14.5. The standard InChI is InChI=1S/C17H16ClNO/c1-12-3-8-16(11-13(12)2)19-10-9-17(20)14-4-6-15(18)7-5-14/h3-8,10-11H,9H2,1-2H3. The van der Waals surface area contributed by atoms with Crippen molar-refractivity contribution in [1.82, 2.24) is 0 Å². The van der Waals surface area contributed by atoms with Crippen molar-refractivity contribution in [3.63, 3.8) is 0 Å². The van der Waals surface area contributed by atoms with E-state index in [1.165, 1.54) is 11.1 Å². The first-order chi connectivity index (χ1) is 9.56. The van der Waals surface area contributed by atoms with Crippen LogP contribution in [0.15, 0.2) is 47.5 Å². The van der Waals surface area contributed by atoms with Crippen LogP contribution in [0.4, 0.5) is 5.69 Å². The smallest absolute Gasteiger partial charge is 0.168 e. The van der Waals surface area contributed by atoms with Crippen LogP contribution in [-0.2, 0) is 0 Å². The van der Waals surface area contributed by atoms with Crippen molar-refractivity contribution in [3.05, 3.63) is 64.2 Å². The SMILES string of the molecule is Cc1ccc(N=CCC(=O)c2ccc(Cl)cc2)cc1C. The van der Waals surface area contributed by atoms with E-state index >= 15 is 0 Å². The van der Waals surface area contributed by atoms with Gasteiger partial charge in [-0.05, 0) is 61.4 Å². The third-order valence-corrected chi connectivity index (χ3v) is 3.43. The molecule has 0 bridgehead atoms. The second-order valence-electron chi connectivity index (χ2n) is 4.71. The van der Waals surface area contributed by atoms with Crippen molar-refractivity contribution in [3.8, 4) is 0 Å². The molecule has 0 spiro atoms. The predicted octanol–water partition coefficient (Wildman–Crippen LogP) is 4.93. The van der Waals surface area contributed by atoms with Crippen LogP contribution in [0.1, 0.15) is 27.9 Å². The molecule has 2 aromatic rings. The van der Waals surface area contributed by atoms with E-state index in [-0.39, 0.29) is 12.2 Å². The Kier molecular flexibility index (Phi) is 4.70. The number of hydrogen-bond donors (Lipinski definition) is 0. The number of ketones is 1. The van der Waals surface area contributed by atoms with E-state index in [2.05, 4.69) is 11.9 Å². The Hall–Kier alpha value is -1.93. The minimum Gasteiger partial charge on any atom is -0.294 e. The predicted molar refractivity (Wildman–Crippen MR) is 84.5 cm³/mol. The van der Waals surface area contributed by atoms with E-state index in [1.807, 2.05) is 25.1 Å². The highest BCUT2D eigenvalue weighted by Crippen LogP contribution is 2.17. The van der Waals surface area contributed by atoms with Crippen molar-refractivity contribution < 1.29 is 4.79 Å². The number of halogens is 1. The molecule has 0 aliphatic carbocycles. The van der Waals surface area contributed by atoms with E-state index in [0.717, 1.165) is 5.69 Å². The van der Waals surface area contributed by atoms with Gasteiger partial charge in [-0.3, -0.25) is 9.79 Å². The summed E-state index contributed by atoms with van der Waals surface area (Å²) in [5.74, 6) is 0.0363. The maximum Gasteiger partial charge on any atom is 0.168 e. The molecule has 102 valence electrons. The first-order valence-electron chi connectivity index (χ1n) is 6.45. The molecule has 0 amide bonds. The summed E-state index contributed by atoms with van der Waals surface area (Å²) in [6, 6.07) is 12.9. The van der Waals surface area contributed by atoms with Crippen LogP contribution in [0.3, 0.4) is 0 Å². The van der Waals surface area contributed by atoms with Crippen LogP contribution < -0.4 is 0 Å². The normalized spacial score (nSPS) is 10.9. The third kappa shape index (κ3) is 3.78. The number of carbonyl (C=O) groups excluding carboxylic acids is 1. The Balaban J connectivity index is 2.00. The van der Waals surface area contributed by atoms with Gasteiger partial charge in [0.05, 0.1) is 5.69 Å². The van der Waals surface area contributed by atoms with Crippen molar-refractivity contribution in [1.29, 1.82) is 0 Å². The molecule has 20 heavy (non-hydrogen) atoms. The zero-order valence-corrected chi connectivity index (χ0v) is 12.3. The van der Waals surface area contributed by atoms with E-state index in [9.17, 15) is 4.79 Å². The van der Waals surface area contributed by atoms with Gasteiger partial charge in [0.15, 0.2) is 5.78 Å². The number of carbonyl (C=O) groups is 1. The Labute approximate surface area is 124 Å². The van der Waals surface area contributed by atoms with Gasteiger partial charge >= 0.3 is 0 Å². The van der Waals surface area contributed by atoms with Gasteiger partial charge in [-0.25, -0.2) is 0 Å². The van der Waals surface area contributed by atoms with Gasteiger partial charge in [0.1, 0.15) is 0 Å². The molecule has 0 heterocycles. The molecular weight excluding hydrogens is 270 g/mol. The van der Waals surface area contributed by atoms with Crippen molar-refractivity contribution in [2.45, 2.75) is 20.3 Å². The molecule has 0 atom stereocenters. The molecule has 0 saturated heterocycles. The second kappa shape index (κ2) is 6.49. The molecule has 2 rings (SSSR count). The molecule has 0 N–H and O–H groups in total. The quantitative estimate of drug-likeness (QED) is 0.578. The van der Waals surface area contributed by atoms with Gasteiger partial charge < -0.3 is 0 Å². The number of aliphatic imine (C=N–C) groups is 1. The van der Waals surface area contributed by atoms with Gasteiger partial charge in [-0.1, -0.05) is 17.7 Å². The highest BCUT2D eigenvalue weighted by Gasteiger charge is 2.03. The van der Waals surface area contributed by atoms with Crippen LogP contribution in [-0.4, -0.2) is 12.0 Å². The molecule has 0 saturated carbocycles. The van der Waals surface area contributed by atoms with Crippen molar-refractivity contribution in [2.24, 2.45) is 4.99 Å². The largest absolute Gasteiger partial charge is 0.294 e. The lowest BCUT2D eigenvalue weighted by atomic mass is 10.1. The topological polar surface area (TPSA) is 29.4 Å². The van der Waals surface area contributed by atoms with Gasteiger partial charge in [-0.2, -0.15) is 0 Å². The van der Waals surface area contributed by atoms with E-state index < -0.39 is 0 Å². The fourth-order valence-electron chi connectivity index (χ4n) is 1.79. The summed E-state index contributed by atoms with van der Waals surface area (Å²) in [6.45, 7) is 4.11. The van der Waals surface area contributed by atoms with Crippen molar-refractivity contribution >= 4 is 29.3 Å². The van der Waals surface area contributed by atoms with Gasteiger partial charge in [0.25, 0.3) is 0 Å². The fourth-order valence-corrected chi connectivity index (χ4v) is 1.92. The lowest BCUT2D eigenvalue weighted by Crippen LogP contribution is -1.98. The number of nitrogens with zero attached hydrogens (tertiary/aromatic N) is 1. The Morgan fingerprint density at radius 2 is 1.80 bits per heavy atom. The van der Waals surface area contributed by atoms with Crippen LogP contribution in [0, 0.1) is 13.8 Å². The first-order valence-corrected chi connectivity index (χ1v) is 6.82. The van der Waals surface area contributed by atoms with Crippen molar-refractivity contribution in [2.75, 3.05) is 0 Å². The van der Waals surface area contributed by atoms with E-state index in [4.69, 9.17) is 11.6 Å². The van der Waals surface area contributed by atoms with Crippen LogP contribution in [0.2, 0.25) is 5.02 Å². The number of aryl methyl sites for hydroxylation is 2. The third-order valence-electron chi connectivity index (χ3n) is 3.17. The average Bonchev–Trinajstić information content (AvgIpc) is 2.43. The molecule has 0 unspecified atom stereocenters. The maximum atomic E-state index is 11.9. The summed E-state index contributed by atoms with van der Waals surface area (Å²) in [6.07, 6.45) is 1.94. The monoisotopic (exact) mass is 285 g/mol. The van der Waals surface area contributed by atoms with Crippen LogP contribution in [0.5, 0.6) is 0 Å². The minimum absolute atomic E-state index is 0.0363. The molecule has 0 radical (unpaired) electrons. The number of benzene rings is 2.